The van der Waals surface area contributed by atoms with Crippen LogP contribution >= 0.6 is 0 Å². The Hall–Kier alpha value is -2.33. The maximum Gasteiger partial charge on any atom is 0.220 e. The molecule has 2 aromatic carbocycles. The molecule has 0 heterocycles. The predicted octanol–water partition coefficient (Wildman–Crippen LogP) is 2.42. The topological polar surface area (TPSA) is 83.6 Å². The number of aliphatic hydroxyl groups is 1. The van der Waals surface area contributed by atoms with Crippen LogP contribution in [0.25, 0.3) is 0 Å². The number of phenolic OH excluding ortho intramolecular Hbond substituents is 1. The standard InChI is InChI=1S/C19H23NO3/c20-19(23)16(12-15-7-9-17(21)10-8-15)13-18(22)11-6-14-4-2-1-3-5-14/h1-5,7-10,16,18,21-22H,6,11-13H2,(H2,20,23). The van der Waals surface area contributed by atoms with E-state index in [2.05, 4.69) is 0 Å². The highest BCUT2D eigenvalue weighted by atomic mass is 16.3. The number of phenols is 1. The molecule has 122 valence electrons. The molecule has 0 saturated heterocycles. The monoisotopic (exact) mass is 313 g/mol. The Morgan fingerprint density at radius 1 is 1.00 bits per heavy atom. The summed E-state index contributed by atoms with van der Waals surface area (Å²) in [5.41, 5.74) is 7.56. The van der Waals surface area contributed by atoms with Crippen LogP contribution in [-0.2, 0) is 17.6 Å². The van der Waals surface area contributed by atoms with E-state index < -0.39 is 17.9 Å². The first-order valence-electron chi connectivity index (χ1n) is 7.84. The Labute approximate surface area is 136 Å². The number of primary amides is 1. The minimum atomic E-state index is -0.565. The fourth-order valence-corrected chi connectivity index (χ4v) is 2.64. The third kappa shape index (κ3) is 5.75. The SMILES string of the molecule is NC(=O)C(Cc1ccc(O)cc1)CC(O)CCc1ccccc1. The number of carbonyl (C=O) groups excluding carboxylic acids is 1. The molecule has 4 nitrogen and oxygen atoms in total. The second-order valence-corrected chi connectivity index (χ2v) is 5.88. The Kier molecular flexibility index (Phi) is 6.18. The van der Waals surface area contributed by atoms with Gasteiger partial charge in [-0.25, -0.2) is 0 Å². The number of aliphatic hydroxyl groups excluding tert-OH is 1. The van der Waals surface area contributed by atoms with E-state index in [-0.39, 0.29) is 5.75 Å². The van der Waals surface area contributed by atoms with E-state index in [1.54, 1.807) is 24.3 Å². The Bertz CT molecular complexity index is 610. The van der Waals surface area contributed by atoms with Gasteiger partial charge in [-0.05, 0) is 48.9 Å². The molecule has 4 heteroatoms. The van der Waals surface area contributed by atoms with Gasteiger partial charge in [0.25, 0.3) is 0 Å². The largest absolute Gasteiger partial charge is 0.508 e. The lowest BCUT2D eigenvalue weighted by Crippen LogP contribution is -2.29. The van der Waals surface area contributed by atoms with Crippen molar-refractivity contribution < 1.29 is 15.0 Å². The van der Waals surface area contributed by atoms with Gasteiger partial charge in [-0.15, -0.1) is 0 Å². The van der Waals surface area contributed by atoms with Gasteiger partial charge < -0.3 is 15.9 Å². The second-order valence-electron chi connectivity index (χ2n) is 5.88. The van der Waals surface area contributed by atoms with Crippen LogP contribution in [0.5, 0.6) is 5.75 Å². The summed E-state index contributed by atoms with van der Waals surface area (Å²) in [4.78, 5) is 11.6. The minimum absolute atomic E-state index is 0.187. The number of carbonyl (C=O) groups is 1. The minimum Gasteiger partial charge on any atom is -0.508 e. The first-order chi connectivity index (χ1) is 11.0. The Balaban J connectivity index is 1.88. The predicted molar refractivity (Wildman–Crippen MR) is 89.9 cm³/mol. The highest BCUT2D eigenvalue weighted by Crippen LogP contribution is 2.19. The van der Waals surface area contributed by atoms with Crippen molar-refractivity contribution in [3.05, 3.63) is 65.7 Å². The molecule has 0 aliphatic rings. The van der Waals surface area contributed by atoms with Crippen LogP contribution in [0, 0.1) is 5.92 Å². The maximum absolute atomic E-state index is 11.6. The molecule has 0 spiro atoms. The molecule has 2 aromatic rings. The molecule has 0 bridgehead atoms. The van der Waals surface area contributed by atoms with E-state index in [9.17, 15) is 15.0 Å². The van der Waals surface area contributed by atoms with Crippen molar-refractivity contribution in [3.63, 3.8) is 0 Å². The summed E-state index contributed by atoms with van der Waals surface area (Å²) in [6.45, 7) is 0. The van der Waals surface area contributed by atoms with Crippen molar-refractivity contribution >= 4 is 5.91 Å². The molecule has 0 aliphatic heterocycles. The van der Waals surface area contributed by atoms with Gasteiger partial charge in [-0.2, -0.15) is 0 Å². The lowest BCUT2D eigenvalue weighted by molar-refractivity contribution is -0.122. The number of hydrogen-bond donors (Lipinski definition) is 3. The third-order valence-electron chi connectivity index (χ3n) is 3.99. The fraction of sp³-hybridized carbons (Fsp3) is 0.316. The van der Waals surface area contributed by atoms with Crippen molar-refractivity contribution in [2.75, 3.05) is 0 Å². The van der Waals surface area contributed by atoms with E-state index in [4.69, 9.17) is 5.73 Å². The highest BCUT2D eigenvalue weighted by Gasteiger charge is 2.20. The summed E-state index contributed by atoms with van der Waals surface area (Å²) in [6, 6.07) is 16.6. The van der Waals surface area contributed by atoms with Crippen LogP contribution in [0.3, 0.4) is 0 Å². The average Bonchev–Trinajstić information content (AvgIpc) is 2.55. The quantitative estimate of drug-likeness (QED) is 0.700. The van der Waals surface area contributed by atoms with Gasteiger partial charge in [0, 0.05) is 5.92 Å². The van der Waals surface area contributed by atoms with Crippen LogP contribution < -0.4 is 5.73 Å². The summed E-state index contributed by atoms with van der Waals surface area (Å²) in [7, 11) is 0. The molecule has 4 N–H and O–H groups in total. The molecule has 2 unspecified atom stereocenters. The van der Waals surface area contributed by atoms with Gasteiger partial charge in [-0.1, -0.05) is 42.5 Å². The van der Waals surface area contributed by atoms with E-state index in [0.717, 1.165) is 12.0 Å². The molecular formula is C19H23NO3. The van der Waals surface area contributed by atoms with Crippen molar-refractivity contribution in [1.82, 2.24) is 0 Å². The molecule has 1 amide bonds. The van der Waals surface area contributed by atoms with Crippen LogP contribution in [0.15, 0.2) is 54.6 Å². The fourth-order valence-electron chi connectivity index (χ4n) is 2.64. The molecule has 0 fully saturated rings. The summed E-state index contributed by atoms with van der Waals surface area (Å²) in [6.07, 6.45) is 1.63. The van der Waals surface area contributed by atoms with Crippen molar-refractivity contribution in [3.8, 4) is 5.75 Å². The van der Waals surface area contributed by atoms with E-state index in [0.29, 0.717) is 19.3 Å². The first kappa shape index (κ1) is 17.0. The number of benzene rings is 2. The summed E-state index contributed by atoms with van der Waals surface area (Å²) < 4.78 is 0. The van der Waals surface area contributed by atoms with Crippen molar-refractivity contribution in [1.29, 1.82) is 0 Å². The van der Waals surface area contributed by atoms with Gasteiger partial charge in [0.2, 0.25) is 5.91 Å². The number of nitrogens with two attached hydrogens (primary N) is 1. The van der Waals surface area contributed by atoms with E-state index in [1.165, 1.54) is 5.56 Å². The number of rotatable bonds is 8. The van der Waals surface area contributed by atoms with Gasteiger partial charge in [0.1, 0.15) is 5.75 Å². The first-order valence-corrected chi connectivity index (χ1v) is 7.84. The summed E-state index contributed by atoms with van der Waals surface area (Å²) in [5.74, 6) is -0.630. The van der Waals surface area contributed by atoms with Crippen molar-refractivity contribution in [2.24, 2.45) is 11.7 Å². The van der Waals surface area contributed by atoms with Gasteiger partial charge >= 0.3 is 0 Å². The zero-order valence-corrected chi connectivity index (χ0v) is 13.1. The zero-order valence-electron chi connectivity index (χ0n) is 13.1. The van der Waals surface area contributed by atoms with Crippen LogP contribution in [0.2, 0.25) is 0 Å². The Morgan fingerprint density at radius 3 is 2.26 bits per heavy atom. The molecule has 0 aliphatic carbocycles. The lowest BCUT2D eigenvalue weighted by Gasteiger charge is -2.18. The second kappa shape index (κ2) is 8.34. The van der Waals surface area contributed by atoms with E-state index in [1.807, 2.05) is 30.3 Å². The molecule has 0 radical (unpaired) electrons. The maximum atomic E-state index is 11.6. The zero-order chi connectivity index (χ0) is 16.7. The summed E-state index contributed by atoms with van der Waals surface area (Å²) in [5, 5.41) is 19.5. The number of aromatic hydroxyl groups is 1. The van der Waals surface area contributed by atoms with Gasteiger partial charge in [0.15, 0.2) is 0 Å². The van der Waals surface area contributed by atoms with Crippen LogP contribution in [0.1, 0.15) is 24.0 Å². The van der Waals surface area contributed by atoms with E-state index >= 15 is 0 Å². The number of amides is 1. The van der Waals surface area contributed by atoms with Crippen LogP contribution in [0.4, 0.5) is 0 Å². The van der Waals surface area contributed by atoms with Gasteiger partial charge in [-0.3, -0.25) is 4.79 Å². The molecule has 2 rings (SSSR count). The number of aryl methyl sites for hydroxylation is 1. The highest BCUT2D eigenvalue weighted by molar-refractivity contribution is 5.77. The molecule has 0 aromatic heterocycles. The molecule has 2 atom stereocenters. The molecular weight excluding hydrogens is 290 g/mol. The smallest absolute Gasteiger partial charge is 0.220 e. The number of hydrogen-bond acceptors (Lipinski definition) is 3. The third-order valence-corrected chi connectivity index (χ3v) is 3.99. The summed E-state index contributed by atoms with van der Waals surface area (Å²) >= 11 is 0. The molecule has 23 heavy (non-hydrogen) atoms. The van der Waals surface area contributed by atoms with Gasteiger partial charge in [0.05, 0.1) is 6.10 Å². The van der Waals surface area contributed by atoms with Crippen LogP contribution in [-0.4, -0.2) is 22.2 Å². The van der Waals surface area contributed by atoms with Crippen molar-refractivity contribution in [2.45, 2.75) is 31.8 Å². The molecule has 0 saturated carbocycles. The average molecular weight is 313 g/mol. The Morgan fingerprint density at radius 2 is 1.65 bits per heavy atom. The lowest BCUT2D eigenvalue weighted by atomic mass is 9.91. The normalized spacial score (nSPS) is 13.4.